The maximum atomic E-state index is 9.74. The van der Waals surface area contributed by atoms with Crippen molar-refractivity contribution in [2.45, 2.75) is 0 Å². The number of rotatable bonds is 5. The molecule has 15 aromatic rings. The quantitative estimate of drug-likeness (QED) is 0.119. The van der Waals surface area contributed by atoms with Crippen LogP contribution in [-0.4, -0.2) is 29.9 Å². The van der Waals surface area contributed by atoms with E-state index in [0.29, 0.717) is 18.9 Å². The van der Waals surface area contributed by atoms with Crippen molar-refractivity contribution in [2.75, 3.05) is 0 Å². The van der Waals surface area contributed by atoms with Gasteiger partial charge in [-0.1, -0.05) is 254 Å². The van der Waals surface area contributed by atoms with E-state index in [1.54, 1.807) is 18.2 Å². The molecule has 0 aliphatic heterocycles. The summed E-state index contributed by atoms with van der Waals surface area (Å²) < 4.78 is 8.11. The normalized spacial score (nSPS) is 11.3. The lowest BCUT2D eigenvalue weighted by Crippen LogP contribution is -2.30. The van der Waals surface area contributed by atoms with Crippen molar-refractivity contribution in [3.63, 3.8) is 0 Å². The number of halogens is 3. The molecule has 0 bridgehead atoms. The molecule has 0 aliphatic carbocycles. The molecule has 1 radical (unpaired) electrons. The Labute approximate surface area is 459 Å². The number of hydrogen-bond acceptors (Lipinski definition) is 4. The summed E-state index contributed by atoms with van der Waals surface area (Å²) in [7, 11) is -0.812. The standard InChI is InChI=1S/C22H15BO2.C22H13Br.C16H8Br2.C6H6BO2/c24-23(25)20-13-9-16-7-11-18-17(14-4-2-1-3-5-14)10-6-15-8-12-19(20)22(16)21(15)18;23-20-13-9-16-7-11-18-17(14-4-2-1-3-5-14)10-6-15-8-12-19(20)22(16)21(15)18;17-13-8-4-10-2-6-12-14(18)7-3-9-1-5-11(13)16(10)15(9)12;8-7-9-6-4-2-1-3-5-6/h1-13,24-25H;1-13H;1-8H;1-5,8H. The molecule has 0 heterocycles. The predicted molar refractivity (Wildman–Crippen MR) is 329 cm³/mol. The van der Waals surface area contributed by atoms with Crippen molar-refractivity contribution in [3.05, 3.63) is 250 Å². The van der Waals surface area contributed by atoms with E-state index in [2.05, 4.69) is 222 Å². The minimum absolute atomic E-state index is 0.548. The summed E-state index contributed by atoms with van der Waals surface area (Å²) in [6, 6.07) is 81.6. The molecule has 0 saturated heterocycles. The molecule has 0 aromatic heterocycles. The van der Waals surface area contributed by atoms with E-state index in [1.807, 2.05) is 48.5 Å². The fourth-order valence-corrected chi connectivity index (χ4v) is 12.2. The molecule has 0 fully saturated rings. The van der Waals surface area contributed by atoms with Gasteiger partial charge in [-0.05, 0) is 155 Å². The van der Waals surface area contributed by atoms with Crippen LogP contribution in [0.5, 0.6) is 5.75 Å². The third-order valence-corrected chi connectivity index (χ3v) is 16.3. The third-order valence-electron chi connectivity index (χ3n) is 14.2. The van der Waals surface area contributed by atoms with Crippen molar-refractivity contribution in [1.82, 2.24) is 0 Å². The molecule has 0 atom stereocenters. The molecule has 0 unspecified atom stereocenters. The van der Waals surface area contributed by atoms with Gasteiger partial charge in [-0.25, -0.2) is 0 Å². The van der Waals surface area contributed by atoms with Gasteiger partial charge in [0.1, 0.15) is 0 Å². The highest BCUT2D eigenvalue weighted by Gasteiger charge is 2.19. The fraction of sp³-hybridized carbons (Fsp3) is 0. The molecule has 0 saturated carbocycles. The van der Waals surface area contributed by atoms with Crippen molar-refractivity contribution in [1.29, 1.82) is 0 Å². The van der Waals surface area contributed by atoms with E-state index in [0.717, 1.165) is 35.0 Å². The van der Waals surface area contributed by atoms with E-state index in [4.69, 9.17) is 5.02 Å². The molecule has 0 spiro atoms. The molecular weight excluding hydrogens is 1120 g/mol. The van der Waals surface area contributed by atoms with Gasteiger partial charge in [0, 0.05) is 13.4 Å². The number of benzene rings is 15. The first kappa shape index (κ1) is 48.6. The highest BCUT2D eigenvalue weighted by atomic mass is 79.9. The van der Waals surface area contributed by atoms with Crippen LogP contribution >= 0.6 is 47.8 Å². The summed E-state index contributed by atoms with van der Waals surface area (Å²) in [5.41, 5.74) is 5.49. The second kappa shape index (κ2) is 20.8. The van der Waals surface area contributed by atoms with Gasteiger partial charge in [0.05, 0.1) is 5.75 Å². The van der Waals surface area contributed by atoms with Crippen LogP contribution in [0.25, 0.3) is 119 Å². The highest BCUT2D eigenvalue weighted by molar-refractivity contribution is 9.11. The largest absolute Gasteiger partial charge is 0.569 e. The molecule has 75 heavy (non-hydrogen) atoms. The lowest BCUT2D eigenvalue weighted by molar-refractivity contribution is 0.426. The average Bonchev–Trinajstić information content (AvgIpc) is 3.46. The molecule has 15 aromatic carbocycles. The van der Waals surface area contributed by atoms with E-state index >= 15 is 0 Å². The Hall–Kier alpha value is -7.33. The van der Waals surface area contributed by atoms with Gasteiger partial charge >= 0.3 is 14.8 Å². The lowest BCUT2D eigenvalue weighted by atomic mass is 9.75. The van der Waals surface area contributed by atoms with Crippen molar-refractivity contribution in [2.24, 2.45) is 0 Å². The minimum atomic E-state index is -1.47. The molecule has 15 rings (SSSR count). The smallest absolute Gasteiger partial charge is 0.537 e. The highest BCUT2D eigenvalue weighted by Crippen LogP contribution is 2.43. The summed E-state index contributed by atoms with van der Waals surface area (Å²) in [6.45, 7) is 0. The summed E-state index contributed by atoms with van der Waals surface area (Å²) >= 11 is 11.0. The van der Waals surface area contributed by atoms with Gasteiger partial charge in [0.15, 0.2) is 0 Å². The van der Waals surface area contributed by atoms with Gasteiger partial charge in [-0.15, -0.1) is 0 Å². The van der Waals surface area contributed by atoms with Gasteiger partial charge in [-0.2, -0.15) is 0 Å². The molecule has 9 heteroatoms. The maximum Gasteiger partial charge on any atom is 0.569 e. The van der Waals surface area contributed by atoms with E-state index < -0.39 is 7.12 Å². The zero-order valence-electron chi connectivity index (χ0n) is 40.1. The van der Waals surface area contributed by atoms with Gasteiger partial charge < -0.3 is 19.7 Å². The Bertz CT molecular complexity index is 4430. The Morgan fingerprint density at radius 2 is 0.600 bits per heavy atom. The van der Waals surface area contributed by atoms with Gasteiger partial charge in [0.2, 0.25) is 0 Å². The summed E-state index contributed by atoms with van der Waals surface area (Å²) in [5, 5.41) is 50.1. The summed E-state index contributed by atoms with van der Waals surface area (Å²) in [6.07, 6.45) is 0. The molecule has 3 N–H and O–H groups in total. The minimum Gasteiger partial charge on any atom is -0.537 e. The monoisotopic (exact) mass is 1160 g/mol. The SMILES string of the molecule is Brc1ccc2ccc3c(-c4ccccc4)ccc4ccc1c2c43.Brc1ccc2ccc3c(Br)ccc4ccc1c2c43.OB(O)c1ccc2ccc3c(-c4ccccc4)ccc4ccc1c2c43.O[B]Oc1ccccc1. The second-order valence-electron chi connectivity index (χ2n) is 18.4. The topological polar surface area (TPSA) is 69.9 Å². The van der Waals surface area contributed by atoms with Crippen LogP contribution in [0, 0.1) is 0 Å². The average molecular weight is 1160 g/mol. The van der Waals surface area contributed by atoms with Crippen LogP contribution in [0.15, 0.2) is 250 Å². The first-order chi connectivity index (χ1) is 36.7. The Morgan fingerprint density at radius 3 is 0.973 bits per heavy atom. The van der Waals surface area contributed by atoms with Crippen LogP contribution < -0.4 is 10.1 Å². The van der Waals surface area contributed by atoms with E-state index in [9.17, 15) is 10.0 Å². The van der Waals surface area contributed by atoms with Crippen LogP contribution in [0.4, 0.5) is 0 Å². The summed E-state index contributed by atoms with van der Waals surface area (Å²) in [5.74, 6) is 0.639. The Balaban J connectivity index is 0.000000106. The molecule has 357 valence electrons. The first-order valence-electron chi connectivity index (χ1n) is 24.5. The van der Waals surface area contributed by atoms with Crippen LogP contribution in [0.1, 0.15) is 0 Å². The molecular formula is C66H42B2Br3O4. The molecule has 4 nitrogen and oxygen atoms in total. The number of para-hydroxylation sites is 1. The molecule has 0 aliphatic rings. The van der Waals surface area contributed by atoms with E-state index in [-0.39, 0.29) is 0 Å². The van der Waals surface area contributed by atoms with Gasteiger partial charge in [0.25, 0.3) is 0 Å². The summed E-state index contributed by atoms with van der Waals surface area (Å²) in [4.78, 5) is 0. The Morgan fingerprint density at radius 1 is 0.307 bits per heavy atom. The van der Waals surface area contributed by atoms with Crippen molar-refractivity contribution < 1.29 is 19.7 Å². The van der Waals surface area contributed by atoms with Crippen LogP contribution in [0.3, 0.4) is 0 Å². The van der Waals surface area contributed by atoms with Crippen molar-refractivity contribution >= 4 is 165 Å². The number of hydrogen-bond donors (Lipinski definition) is 3. The molecule has 0 amide bonds. The lowest BCUT2D eigenvalue weighted by Gasteiger charge is -2.16. The van der Waals surface area contributed by atoms with Crippen molar-refractivity contribution in [3.8, 4) is 28.0 Å². The van der Waals surface area contributed by atoms with Crippen LogP contribution in [0.2, 0.25) is 0 Å². The van der Waals surface area contributed by atoms with E-state index in [1.165, 1.54) is 97.7 Å². The first-order valence-corrected chi connectivity index (χ1v) is 26.9. The second-order valence-corrected chi connectivity index (χ2v) is 21.0. The third kappa shape index (κ3) is 9.04. The van der Waals surface area contributed by atoms with Crippen LogP contribution in [-0.2, 0) is 0 Å². The van der Waals surface area contributed by atoms with Gasteiger partial charge in [-0.3, -0.25) is 0 Å². The maximum absolute atomic E-state index is 9.74. The zero-order valence-corrected chi connectivity index (χ0v) is 44.8. The fourth-order valence-electron chi connectivity index (χ4n) is 10.8. The predicted octanol–water partition coefficient (Wildman–Crippen LogP) is 17.6. The Kier molecular flexibility index (Phi) is 13.5. The zero-order chi connectivity index (χ0) is 51.2.